The van der Waals surface area contributed by atoms with Crippen LogP contribution in [0, 0.1) is 18.6 Å². The summed E-state index contributed by atoms with van der Waals surface area (Å²) in [6, 6.07) is 4.12. The van der Waals surface area contributed by atoms with E-state index in [9.17, 15) is 23.5 Å². The Morgan fingerprint density at radius 3 is 2.66 bits per heavy atom. The van der Waals surface area contributed by atoms with Gasteiger partial charge in [-0.25, -0.2) is 9.37 Å². The van der Waals surface area contributed by atoms with Crippen LogP contribution in [0.4, 0.5) is 20.2 Å². The minimum Gasteiger partial charge on any atom is -0.406 e. The molecule has 1 atom stereocenters. The Morgan fingerprint density at radius 2 is 2.00 bits per heavy atom. The van der Waals surface area contributed by atoms with Crippen LogP contribution in [-0.4, -0.2) is 43.8 Å². The summed E-state index contributed by atoms with van der Waals surface area (Å²) in [6.07, 6.45) is -0.309. The zero-order valence-electron chi connectivity index (χ0n) is 15.5. The highest BCUT2D eigenvalue weighted by molar-refractivity contribution is 5.90. The van der Waals surface area contributed by atoms with E-state index in [-0.39, 0.29) is 16.7 Å². The predicted molar refractivity (Wildman–Crippen MR) is 100 cm³/mol. The molecule has 11 heteroatoms. The van der Waals surface area contributed by atoms with Crippen LogP contribution in [0.3, 0.4) is 0 Å². The Labute approximate surface area is 162 Å². The van der Waals surface area contributed by atoms with Gasteiger partial charge in [0.05, 0.1) is 18.0 Å². The van der Waals surface area contributed by atoms with Crippen LogP contribution < -0.4 is 21.3 Å². The second-order valence-electron chi connectivity index (χ2n) is 6.37. The summed E-state index contributed by atoms with van der Waals surface area (Å²) in [7, 11) is 1.23. The van der Waals surface area contributed by atoms with E-state index in [1.165, 1.54) is 19.2 Å². The third-order valence-corrected chi connectivity index (χ3v) is 4.20. The van der Waals surface area contributed by atoms with Crippen molar-refractivity contribution in [1.29, 1.82) is 0 Å². The fraction of sp³-hybridized carbons (Fsp3) is 0.278. The van der Waals surface area contributed by atoms with Crippen molar-refractivity contribution in [2.75, 3.05) is 18.5 Å². The average Bonchev–Trinajstić information content (AvgIpc) is 2.70. The molecule has 3 aromatic rings. The van der Waals surface area contributed by atoms with Crippen LogP contribution in [-0.2, 0) is 7.05 Å². The molecule has 154 valence electrons. The van der Waals surface area contributed by atoms with E-state index in [4.69, 9.17) is 9.94 Å². The average molecular weight is 408 g/mol. The van der Waals surface area contributed by atoms with Gasteiger partial charge in [-0.05, 0) is 24.6 Å². The van der Waals surface area contributed by atoms with E-state index in [1.807, 2.05) is 0 Å². The Bertz CT molecular complexity index is 1190. The first-order chi connectivity index (χ1) is 13.7. The lowest BCUT2D eigenvalue weighted by atomic mass is 10.2. The summed E-state index contributed by atoms with van der Waals surface area (Å²) in [6.45, 7) is 0.632. The highest BCUT2D eigenvalue weighted by Crippen LogP contribution is 2.26. The van der Waals surface area contributed by atoms with Gasteiger partial charge in [-0.3, -0.25) is 14.2 Å². The lowest BCUT2D eigenvalue weighted by molar-refractivity contribution is -0.00415. The SMILES string of the molecule is Cc1ccc(Nc2c(F)c(=O)n(C)c3ncn(OCC(O)CO)c(=O)c23)c(F)c1. The Hall–Kier alpha value is -3.31. The van der Waals surface area contributed by atoms with Crippen LogP contribution in [0.25, 0.3) is 11.0 Å². The second kappa shape index (κ2) is 7.97. The Balaban J connectivity index is 2.21. The first kappa shape index (κ1) is 20.4. The number of nitrogens with one attached hydrogen (secondary N) is 1. The molecule has 0 aliphatic carbocycles. The Kier molecular flexibility index (Phi) is 5.62. The normalized spacial score (nSPS) is 12.2. The maximum atomic E-state index is 14.8. The minimum absolute atomic E-state index is 0.143. The number of aromatic nitrogens is 3. The number of benzene rings is 1. The fourth-order valence-electron chi connectivity index (χ4n) is 2.65. The summed E-state index contributed by atoms with van der Waals surface area (Å²) in [4.78, 5) is 34.0. The number of rotatable bonds is 6. The van der Waals surface area contributed by atoms with Gasteiger partial charge in [0.25, 0.3) is 11.1 Å². The summed E-state index contributed by atoms with van der Waals surface area (Å²) in [5, 5.41) is 20.3. The monoisotopic (exact) mass is 408 g/mol. The molecule has 0 radical (unpaired) electrons. The molecule has 0 saturated heterocycles. The molecule has 0 bridgehead atoms. The van der Waals surface area contributed by atoms with Gasteiger partial charge in [0.1, 0.15) is 30.2 Å². The topological polar surface area (TPSA) is 119 Å². The molecule has 2 aromatic heterocycles. The molecule has 0 aliphatic rings. The summed E-state index contributed by atoms with van der Waals surface area (Å²) < 4.78 is 30.5. The molecule has 0 amide bonds. The van der Waals surface area contributed by atoms with E-state index in [0.29, 0.717) is 10.3 Å². The predicted octanol–water partition coefficient (Wildman–Crippen LogP) is 0.207. The van der Waals surface area contributed by atoms with Crippen molar-refractivity contribution in [3.8, 4) is 0 Å². The second-order valence-corrected chi connectivity index (χ2v) is 6.37. The molecule has 3 rings (SSSR count). The Morgan fingerprint density at radius 1 is 1.28 bits per heavy atom. The molecule has 0 fully saturated rings. The van der Waals surface area contributed by atoms with Crippen molar-refractivity contribution in [2.24, 2.45) is 7.05 Å². The quantitative estimate of drug-likeness (QED) is 0.533. The van der Waals surface area contributed by atoms with E-state index in [1.54, 1.807) is 13.0 Å². The summed E-state index contributed by atoms with van der Waals surface area (Å²) in [5.41, 5.74) is -2.18. The maximum absolute atomic E-state index is 14.8. The van der Waals surface area contributed by atoms with Crippen molar-refractivity contribution in [3.05, 3.63) is 62.4 Å². The number of hydrogen-bond donors (Lipinski definition) is 3. The van der Waals surface area contributed by atoms with Crippen molar-refractivity contribution in [3.63, 3.8) is 0 Å². The number of fused-ring (bicyclic) bond motifs is 1. The van der Waals surface area contributed by atoms with Crippen molar-refractivity contribution in [2.45, 2.75) is 13.0 Å². The molecule has 1 aromatic carbocycles. The van der Waals surface area contributed by atoms with Crippen molar-refractivity contribution >= 4 is 22.4 Å². The number of aliphatic hydroxyl groups is 2. The van der Waals surface area contributed by atoms with E-state index in [2.05, 4.69) is 10.3 Å². The van der Waals surface area contributed by atoms with Gasteiger partial charge in [-0.2, -0.15) is 4.39 Å². The number of halogens is 2. The van der Waals surface area contributed by atoms with Crippen LogP contribution in [0.15, 0.2) is 34.1 Å². The van der Waals surface area contributed by atoms with Crippen LogP contribution >= 0.6 is 0 Å². The van der Waals surface area contributed by atoms with Gasteiger partial charge in [0.2, 0.25) is 5.82 Å². The highest BCUT2D eigenvalue weighted by Gasteiger charge is 2.21. The van der Waals surface area contributed by atoms with Gasteiger partial charge in [-0.15, -0.1) is 4.73 Å². The lowest BCUT2D eigenvalue weighted by Crippen LogP contribution is -2.35. The molecule has 3 N–H and O–H groups in total. The molecular formula is C18H18F2N4O5. The molecule has 2 heterocycles. The molecule has 1 unspecified atom stereocenters. The van der Waals surface area contributed by atoms with Gasteiger partial charge >= 0.3 is 0 Å². The minimum atomic E-state index is -1.30. The smallest absolute Gasteiger partial charge is 0.297 e. The molecule has 9 nitrogen and oxygen atoms in total. The number of aryl methyl sites for hydroxylation is 2. The van der Waals surface area contributed by atoms with Crippen LogP contribution in [0.1, 0.15) is 5.56 Å². The maximum Gasteiger partial charge on any atom is 0.297 e. The third-order valence-electron chi connectivity index (χ3n) is 4.20. The molecular weight excluding hydrogens is 390 g/mol. The zero-order chi connectivity index (χ0) is 21.3. The van der Waals surface area contributed by atoms with E-state index in [0.717, 1.165) is 10.9 Å². The van der Waals surface area contributed by atoms with Crippen LogP contribution in [0.5, 0.6) is 0 Å². The van der Waals surface area contributed by atoms with Crippen molar-refractivity contribution in [1.82, 2.24) is 14.3 Å². The van der Waals surface area contributed by atoms with E-state index >= 15 is 0 Å². The molecule has 29 heavy (non-hydrogen) atoms. The number of anilines is 2. The summed E-state index contributed by atoms with van der Waals surface area (Å²) in [5.74, 6) is -2.00. The van der Waals surface area contributed by atoms with E-state index < -0.39 is 47.8 Å². The number of nitrogens with zero attached hydrogens (tertiary/aromatic N) is 3. The first-order valence-corrected chi connectivity index (χ1v) is 8.49. The molecule has 0 saturated carbocycles. The first-order valence-electron chi connectivity index (χ1n) is 8.49. The van der Waals surface area contributed by atoms with Crippen molar-refractivity contribution < 1.29 is 23.8 Å². The number of pyridine rings is 1. The van der Waals surface area contributed by atoms with Gasteiger partial charge in [0.15, 0.2) is 5.65 Å². The molecule has 0 aliphatic heterocycles. The summed E-state index contributed by atoms with van der Waals surface area (Å²) >= 11 is 0. The zero-order valence-corrected chi connectivity index (χ0v) is 15.5. The number of hydrogen-bond acceptors (Lipinski definition) is 7. The van der Waals surface area contributed by atoms with Gasteiger partial charge in [-0.1, -0.05) is 6.07 Å². The molecule has 0 spiro atoms. The third kappa shape index (κ3) is 3.82. The van der Waals surface area contributed by atoms with Gasteiger partial charge < -0.3 is 20.4 Å². The van der Waals surface area contributed by atoms with Gasteiger partial charge in [0, 0.05) is 7.05 Å². The number of aliphatic hydroxyl groups excluding tert-OH is 2. The fourth-order valence-corrected chi connectivity index (χ4v) is 2.65. The lowest BCUT2D eigenvalue weighted by Gasteiger charge is -2.15. The standard InChI is InChI=1S/C18H18F2N4O5/c1-9-3-4-12(11(19)5-9)22-15-13-16(23(2)18(28)14(15)20)21-8-24(17(13)27)29-7-10(26)6-25/h3-5,8,10,22,25-26H,6-7H2,1-2H3. The highest BCUT2D eigenvalue weighted by atomic mass is 19.1. The largest absolute Gasteiger partial charge is 0.406 e. The van der Waals surface area contributed by atoms with Crippen LogP contribution in [0.2, 0.25) is 0 Å².